The summed E-state index contributed by atoms with van der Waals surface area (Å²) in [5.74, 6) is 0.788. The van der Waals surface area contributed by atoms with Gasteiger partial charge in [0, 0.05) is 18.1 Å². The number of aliphatic hydroxyl groups is 1. The van der Waals surface area contributed by atoms with Gasteiger partial charge >= 0.3 is 0 Å². The summed E-state index contributed by atoms with van der Waals surface area (Å²) in [5.41, 5.74) is 1.07. The van der Waals surface area contributed by atoms with Crippen LogP contribution in [-0.2, 0) is 0 Å². The zero-order valence-electron chi connectivity index (χ0n) is 11.2. The monoisotopic (exact) mass is 308 g/mol. The van der Waals surface area contributed by atoms with Crippen LogP contribution in [0.15, 0.2) is 36.4 Å². The number of hydrogen-bond acceptors (Lipinski definition) is 3. The molecule has 0 fully saturated rings. The normalized spacial score (nSPS) is 15.4. The fraction of sp³-hybridized carbons (Fsp3) is 0.250. The highest BCUT2D eigenvalue weighted by Crippen LogP contribution is 2.39. The van der Waals surface area contributed by atoms with Gasteiger partial charge in [0.1, 0.15) is 11.9 Å². The van der Waals surface area contributed by atoms with Crippen molar-refractivity contribution in [2.24, 2.45) is 0 Å². The van der Waals surface area contributed by atoms with Gasteiger partial charge in [-0.15, -0.1) is 0 Å². The Labute approximate surface area is 126 Å². The van der Waals surface area contributed by atoms with Crippen molar-refractivity contribution in [2.75, 3.05) is 13.2 Å². The summed E-state index contributed by atoms with van der Waals surface area (Å²) < 4.78 is 24.1. The van der Waals surface area contributed by atoms with Crippen LogP contribution in [0.2, 0.25) is 5.02 Å². The topological polar surface area (TPSA) is 38.7 Å². The maximum Gasteiger partial charge on any atom is 0.162 e. The van der Waals surface area contributed by atoms with Crippen molar-refractivity contribution < 1.29 is 19.0 Å². The van der Waals surface area contributed by atoms with Gasteiger partial charge < -0.3 is 14.6 Å². The first-order valence-corrected chi connectivity index (χ1v) is 7.05. The molecule has 0 radical (unpaired) electrons. The van der Waals surface area contributed by atoms with E-state index in [4.69, 9.17) is 21.1 Å². The molecule has 1 aliphatic heterocycles. The third-order valence-corrected chi connectivity index (χ3v) is 3.67. The van der Waals surface area contributed by atoms with Crippen molar-refractivity contribution in [3.8, 4) is 11.5 Å². The first kappa shape index (κ1) is 14.2. The lowest BCUT2D eigenvalue weighted by Gasteiger charge is -2.16. The van der Waals surface area contributed by atoms with Gasteiger partial charge in [-0.3, -0.25) is 0 Å². The average Bonchev–Trinajstić information content (AvgIpc) is 2.71. The Morgan fingerprint density at radius 2 is 1.67 bits per heavy atom. The molecule has 110 valence electrons. The average molecular weight is 309 g/mol. The Morgan fingerprint density at radius 1 is 1.05 bits per heavy atom. The molecule has 1 unspecified atom stereocenters. The molecule has 5 heteroatoms. The lowest BCUT2D eigenvalue weighted by atomic mass is 10.0. The van der Waals surface area contributed by atoms with Crippen molar-refractivity contribution >= 4 is 11.6 Å². The summed E-state index contributed by atoms with van der Waals surface area (Å²) in [5, 5.41) is 10.8. The Hall–Kier alpha value is -1.78. The number of hydrogen-bond donors (Lipinski definition) is 1. The molecule has 0 bridgehead atoms. The van der Waals surface area contributed by atoms with Gasteiger partial charge in [0.25, 0.3) is 0 Å². The van der Waals surface area contributed by atoms with Crippen LogP contribution in [0.25, 0.3) is 0 Å². The molecular formula is C16H14ClFO3. The first-order valence-electron chi connectivity index (χ1n) is 6.68. The zero-order chi connectivity index (χ0) is 14.8. The van der Waals surface area contributed by atoms with E-state index < -0.39 is 6.10 Å². The SMILES string of the molecule is OC(c1ccc(F)cc1)c1cc2c(cc1Cl)OCCCO2. The van der Waals surface area contributed by atoms with Crippen LogP contribution in [0.3, 0.4) is 0 Å². The van der Waals surface area contributed by atoms with Crippen LogP contribution in [0.4, 0.5) is 4.39 Å². The quantitative estimate of drug-likeness (QED) is 0.919. The van der Waals surface area contributed by atoms with E-state index in [-0.39, 0.29) is 5.82 Å². The Morgan fingerprint density at radius 3 is 2.33 bits per heavy atom. The molecule has 1 aliphatic rings. The van der Waals surface area contributed by atoms with Gasteiger partial charge in [0.05, 0.1) is 18.2 Å². The minimum absolute atomic E-state index is 0.351. The zero-order valence-corrected chi connectivity index (χ0v) is 11.9. The molecule has 0 aliphatic carbocycles. The van der Waals surface area contributed by atoms with Crippen molar-refractivity contribution in [3.63, 3.8) is 0 Å². The fourth-order valence-electron chi connectivity index (χ4n) is 2.23. The van der Waals surface area contributed by atoms with Crippen molar-refractivity contribution in [1.29, 1.82) is 0 Å². The van der Waals surface area contributed by atoms with Crippen LogP contribution in [-0.4, -0.2) is 18.3 Å². The summed E-state index contributed by atoms with van der Waals surface area (Å²) >= 11 is 6.22. The van der Waals surface area contributed by atoms with Gasteiger partial charge in [-0.1, -0.05) is 23.7 Å². The van der Waals surface area contributed by atoms with Crippen LogP contribution >= 0.6 is 11.6 Å². The second-order valence-corrected chi connectivity index (χ2v) is 5.23. The van der Waals surface area contributed by atoms with E-state index in [2.05, 4.69) is 0 Å². The Bertz CT molecular complexity index is 643. The van der Waals surface area contributed by atoms with Crippen LogP contribution < -0.4 is 9.47 Å². The highest BCUT2D eigenvalue weighted by atomic mass is 35.5. The predicted octanol–water partition coefficient (Wildman–Crippen LogP) is 3.72. The molecule has 0 saturated carbocycles. The number of fused-ring (bicyclic) bond motifs is 1. The van der Waals surface area contributed by atoms with Crippen molar-refractivity contribution in [2.45, 2.75) is 12.5 Å². The second-order valence-electron chi connectivity index (χ2n) is 4.83. The molecule has 1 N–H and O–H groups in total. The van der Waals surface area contributed by atoms with E-state index >= 15 is 0 Å². The number of ether oxygens (including phenoxy) is 2. The smallest absolute Gasteiger partial charge is 0.162 e. The summed E-state index contributed by atoms with van der Waals surface area (Å²) in [6.07, 6.45) is -0.155. The Balaban J connectivity index is 1.97. The van der Waals surface area contributed by atoms with Gasteiger partial charge in [0.15, 0.2) is 11.5 Å². The van der Waals surface area contributed by atoms with Gasteiger partial charge in [-0.05, 0) is 23.8 Å². The van der Waals surface area contributed by atoms with E-state index in [0.29, 0.717) is 40.9 Å². The number of benzene rings is 2. The third-order valence-electron chi connectivity index (χ3n) is 3.35. The van der Waals surface area contributed by atoms with Gasteiger partial charge in [-0.2, -0.15) is 0 Å². The fourth-order valence-corrected chi connectivity index (χ4v) is 2.49. The van der Waals surface area contributed by atoms with E-state index in [1.165, 1.54) is 24.3 Å². The second kappa shape index (κ2) is 5.92. The Kier molecular flexibility index (Phi) is 3.99. The van der Waals surface area contributed by atoms with E-state index in [1.54, 1.807) is 12.1 Å². The maximum absolute atomic E-state index is 13.0. The summed E-state index contributed by atoms with van der Waals surface area (Å²) in [6.45, 7) is 1.13. The van der Waals surface area contributed by atoms with Gasteiger partial charge in [-0.25, -0.2) is 4.39 Å². The van der Waals surface area contributed by atoms with E-state index in [1.807, 2.05) is 0 Å². The summed E-state index contributed by atoms with van der Waals surface area (Å²) in [7, 11) is 0. The molecule has 0 saturated heterocycles. The third kappa shape index (κ3) is 2.96. The van der Waals surface area contributed by atoms with Crippen molar-refractivity contribution in [1.82, 2.24) is 0 Å². The van der Waals surface area contributed by atoms with Crippen LogP contribution in [0.1, 0.15) is 23.7 Å². The molecule has 0 aromatic heterocycles. The summed E-state index contributed by atoms with van der Waals surface area (Å²) in [6, 6.07) is 8.98. The molecule has 2 aromatic rings. The largest absolute Gasteiger partial charge is 0.490 e. The minimum atomic E-state index is -0.949. The molecule has 1 atom stereocenters. The highest BCUT2D eigenvalue weighted by molar-refractivity contribution is 6.31. The number of rotatable bonds is 2. The predicted molar refractivity (Wildman–Crippen MR) is 77.5 cm³/mol. The van der Waals surface area contributed by atoms with Gasteiger partial charge in [0.2, 0.25) is 0 Å². The van der Waals surface area contributed by atoms with Crippen molar-refractivity contribution in [3.05, 3.63) is 58.4 Å². The molecular weight excluding hydrogens is 295 g/mol. The highest BCUT2D eigenvalue weighted by Gasteiger charge is 2.19. The number of aliphatic hydroxyl groups excluding tert-OH is 1. The molecule has 2 aromatic carbocycles. The molecule has 0 amide bonds. The first-order chi connectivity index (χ1) is 10.1. The lowest BCUT2D eigenvalue weighted by Crippen LogP contribution is -2.02. The van der Waals surface area contributed by atoms with Crippen LogP contribution in [0, 0.1) is 5.82 Å². The van der Waals surface area contributed by atoms with E-state index in [9.17, 15) is 9.50 Å². The molecule has 21 heavy (non-hydrogen) atoms. The van der Waals surface area contributed by atoms with E-state index in [0.717, 1.165) is 6.42 Å². The molecule has 1 heterocycles. The molecule has 3 nitrogen and oxygen atoms in total. The molecule has 3 rings (SSSR count). The standard InChI is InChI=1S/C16H14ClFO3/c17-13-9-15-14(20-6-1-7-21-15)8-12(13)16(19)10-2-4-11(18)5-3-10/h2-5,8-9,16,19H,1,6-7H2. The lowest BCUT2D eigenvalue weighted by molar-refractivity contribution is 0.219. The maximum atomic E-state index is 13.0. The summed E-state index contributed by atoms with van der Waals surface area (Å²) in [4.78, 5) is 0. The van der Waals surface area contributed by atoms with Crippen LogP contribution in [0.5, 0.6) is 11.5 Å². The number of halogens is 2. The minimum Gasteiger partial charge on any atom is -0.490 e. The molecule has 0 spiro atoms.